The number of Topliss-reactive ketones (excluding diaryl/α,β-unsaturated/α-hetero) is 2. The number of rotatable bonds is 34. The smallest absolute Gasteiger partial charge is 0.162 e. The lowest BCUT2D eigenvalue weighted by Crippen LogP contribution is -2.08. The summed E-state index contributed by atoms with van der Waals surface area (Å²) in [7, 11) is 11.3. The fourth-order valence-electron chi connectivity index (χ4n) is 17.3. The maximum atomic E-state index is 12.9. The summed E-state index contributed by atoms with van der Waals surface area (Å²) in [6.45, 7) is 6.66. The Kier molecular flexibility index (Phi) is 32.9. The minimum absolute atomic E-state index is 0.104. The van der Waals surface area contributed by atoms with Gasteiger partial charge in [-0.25, -0.2) is 39.9 Å². The molecule has 0 bridgehead atoms. The van der Waals surface area contributed by atoms with Crippen molar-refractivity contribution < 1.29 is 19.1 Å². The number of nitrogens with one attached hydrogen (secondary N) is 4. The minimum Gasteiger partial charge on any atom is -0.496 e. The van der Waals surface area contributed by atoms with Gasteiger partial charge in [-0.2, -0.15) is 0 Å². The molecule has 0 spiro atoms. The van der Waals surface area contributed by atoms with Crippen LogP contribution >= 0.6 is 56.3 Å². The number of aromatic nitrogens is 16. The van der Waals surface area contributed by atoms with Crippen LogP contribution < -0.4 is 30.7 Å². The van der Waals surface area contributed by atoms with Crippen molar-refractivity contribution >= 4 is 145 Å². The number of hydrogen-bond acceptors (Lipinski definition) is 22. The van der Waals surface area contributed by atoms with Gasteiger partial charge in [0.15, 0.2) is 46.6 Å². The Morgan fingerprint density at radius 1 is 0.299 bits per heavy atom. The summed E-state index contributed by atoms with van der Waals surface area (Å²) < 4.78 is 21.0. The lowest BCUT2D eigenvalue weighted by molar-refractivity contribution is -0.118. The highest BCUT2D eigenvalue weighted by atomic mass is 79.9. The molecular weight excluding hydrogens is 1960 g/mol. The van der Waals surface area contributed by atoms with Crippen LogP contribution in [0.2, 0.25) is 0 Å². The Morgan fingerprint density at radius 3 is 0.917 bits per heavy atom. The number of ketones is 2. The van der Waals surface area contributed by atoms with Crippen LogP contribution in [0.5, 0.6) is 11.5 Å². The van der Waals surface area contributed by atoms with Crippen molar-refractivity contribution in [3.63, 3.8) is 0 Å². The third-order valence-corrected chi connectivity index (χ3v) is 25.8. The van der Waals surface area contributed by atoms with Crippen molar-refractivity contribution in [2.75, 3.05) is 35.5 Å². The van der Waals surface area contributed by atoms with Crippen molar-refractivity contribution in [1.82, 2.24) is 78.1 Å². The Labute approximate surface area is 863 Å². The van der Waals surface area contributed by atoms with Crippen molar-refractivity contribution in [3.05, 3.63) is 416 Å². The molecule has 144 heavy (non-hydrogen) atoms. The van der Waals surface area contributed by atoms with Crippen LogP contribution in [0, 0.1) is 13.8 Å². The normalized spacial score (nSPS) is 11.0. The van der Waals surface area contributed by atoms with Crippen molar-refractivity contribution in [3.8, 4) is 57.1 Å². The summed E-state index contributed by atoms with van der Waals surface area (Å²) >= 11 is 18.5. The van der Waals surface area contributed by atoms with Gasteiger partial charge in [-0.05, 0) is 191 Å². The van der Waals surface area contributed by atoms with E-state index in [4.69, 9.17) is 73.8 Å². The van der Waals surface area contributed by atoms with Crippen LogP contribution in [-0.2, 0) is 115 Å². The molecule has 720 valence electrons. The molecule has 0 atom stereocenters. The first-order valence-electron chi connectivity index (χ1n) is 47.1. The molecule has 12 aromatic heterocycles. The van der Waals surface area contributed by atoms with Gasteiger partial charge < -0.3 is 49.0 Å². The third kappa shape index (κ3) is 26.3. The number of carbonyl (C=O) groups is 2. The number of halogens is 2. The molecule has 20 aromatic rings. The van der Waals surface area contributed by atoms with Gasteiger partial charge in [-0.1, -0.05) is 201 Å². The highest BCUT2D eigenvalue weighted by Crippen LogP contribution is 2.35. The van der Waals surface area contributed by atoms with E-state index in [1.807, 2.05) is 273 Å². The quantitative estimate of drug-likeness (QED) is 0.0273. The molecule has 0 aliphatic heterocycles. The molecule has 24 nitrogen and oxygen atoms in total. The first-order chi connectivity index (χ1) is 70.1. The fourth-order valence-corrected chi connectivity index (χ4v) is 18.7. The van der Waals surface area contributed by atoms with E-state index < -0.39 is 0 Å². The highest BCUT2D eigenvalue weighted by molar-refractivity contribution is 9.10. The van der Waals surface area contributed by atoms with Crippen LogP contribution in [0.1, 0.15) is 77.9 Å². The van der Waals surface area contributed by atoms with E-state index in [0.717, 1.165) is 183 Å². The Hall–Kier alpha value is -15.9. The number of carbonyl (C=O) groups excluding carboxylic acids is 2. The predicted molar refractivity (Wildman–Crippen MR) is 591 cm³/mol. The highest BCUT2D eigenvalue weighted by Gasteiger charge is 2.22. The van der Waals surface area contributed by atoms with Gasteiger partial charge in [0.1, 0.15) is 45.1 Å². The van der Waals surface area contributed by atoms with Crippen LogP contribution in [0.25, 0.3) is 89.7 Å². The molecule has 4 N–H and O–H groups in total. The second kappa shape index (κ2) is 47.6. The largest absolute Gasteiger partial charge is 0.496 e. The maximum Gasteiger partial charge on any atom is 0.162 e. The molecule has 0 amide bonds. The van der Waals surface area contributed by atoms with E-state index >= 15 is 0 Å². The zero-order chi connectivity index (χ0) is 100.0. The average Bonchev–Trinajstić information content (AvgIpc) is 1.48. The number of pyridine rings is 4. The molecule has 0 radical (unpaired) electrons. The van der Waals surface area contributed by atoms with Crippen LogP contribution in [0.3, 0.4) is 0 Å². The molecule has 0 unspecified atom stereocenters. The van der Waals surface area contributed by atoms with Crippen LogP contribution in [0.15, 0.2) is 338 Å². The van der Waals surface area contributed by atoms with Crippen molar-refractivity contribution in [2.24, 2.45) is 28.2 Å². The summed E-state index contributed by atoms with van der Waals surface area (Å²) in [6.07, 6.45) is 26.7. The van der Waals surface area contributed by atoms with Gasteiger partial charge >= 0.3 is 0 Å². The SMILES string of the molecule is COc1ccc(Br)cc1CC(=O)Cc1cccc(-c2nc(NCc3ccncc3)c3c(ccn3C)n2)c1.COc1ccc(Br)cc1CC(=S)Cc1cccc(-c2nc(NCc3ccncc3)c3c(ccn3C)n2)c1.Cc1cccc(CC(=O)Cc2cccc(-c3nc(NCc4cccnc4)c4c(ccn4C)n3)c2)c1.Cc1cccc(CC(=S)Cc2cccc(-c3nc(NCc4cccnc4)c4c(ccn4C)n3)c2)c1. The third-order valence-electron chi connectivity index (χ3n) is 24.2. The fraction of sp³-hybridized carbons (Fsp3) is 0.172. The minimum atomic E-state index is 0.104. The number of thiocarbonyl (C=S) groups is 2. The number of anilines is 4. The first kappa shape index (κ1) is 99.7. The van der Waals surface area contributed by atoms with E-state index in [0.29, 0.717) is 93.8 Å². The molecule has 12 heterocycles. The molecule has 0 aliphatic rings. The number of hydrogen-bond donors (Lipinski definition) is 4. The number of methoxy groups -OCH3 is 2. The molecular formula is C116H106Br2N20O4S2. The molecule has 0 fully saturated rings. The second-order valence-corrected chi connectivity index (χ2v) is 38.3. The lowest BCUT2D eigenvalue weighted by atomic mass is 10.0. The molecule has 8 aromatic carbocycles. The molecule has 28 heteroatoms. The topological polar surface area (TPSA) is 275 Å². The number of aryl methyl sites for hydroxylation is 6. The lowest BCUT2D eigenvalue weighted by Gasteiger charge is -2.12. The average molecular weight is 2070 g/mol. The van der Waals surface area contributed by atoms with E-state index in [-0.39, 0.29) is 11.6 Å². The van der Waals surface area contributed by atoms with Gasteiger partial charge in [0, 0.05) is 232 Å². The van der Waals surface area contributed by atoms with Gasteiger partial charge in [-0.15, -0.1) is 0 Å². The van der Waals surface area contributed by atoms with E-state index in [9.17, 15) is 9.59 Å². The zero-order valence-electron chi connectivity index (χ0n) is 81.0. The standard InChI is InChI=1S/C29H26BrN5O2.C29H26BrN5OS.C29H27N5O.C29H27N5S/c1-35-13-10-25-27(35)29(32-18-19-8-11-31-12-9-19)34-28(33-25)21-5-3-4-20(14-21)15-24(36)17-22-16-23(30)6-7-26(22)37-2;1-35-13-10-25-27(35)29(32-18-19-8-11-31-12-9-19)34-28(33-25)21-5-3-4-20(14-21)15-24(37)17-22-16-23(30)6-7-26(22)36-2;2*1-20-6-3-7-21(14-20)16-25(35)17-22-8-4-10-24(15-22)28-32-26-11-13-34(2)27(26)29(33-28)31-19-23-9-5-12-30-18-23/h2*3-14,16H,15,17-18H2,1-2H3,(H,32,33,34);2*3-15,18H,16-17,19H2,1-2H3,(H,31,32,33). The van der Waals surface area contributed by atoms with Crippen molar-refractivity contribution in [2.45, 2.75) is 91.4 Å². The maximum absolute atomic E-state index is 12.9. The number of benzene rings is 8. The van der Waals surface area contributed by atoms with Crippen LogP contribution in [-0.4, -0.2) is 114 Å². The summed E-state index contributed by atoms with van der Waals surface area (Å²) in [5.74, 6) is 7.59. The molecule has 0 saturated heterocycles. The summed E-state index contributed by atoms with van der Waals surface area (Å²) in [5, 5.41) is 13.9. The molecule has 0 saturated carbocycles. The molecule has 20 rings (SSSR count). The van der Waals surface area contributed by atoms with Gasteiger partial charge in [0.2, 0.25) is 0 Å². The van der Waals surface area contributed by atoms with E-state index in [1.165, 1.54) is 22.3 Å². The van der Waals surface area contributed by atoms with Crippen molar-refractivity contribution in [1.29, 1.82) is 0 Å². The van der Waals surface area contributed by atoms with Gasteiger partial charge in [-0.3, -0.25) is 29.5 Å². The Balaban J connectivity index is 0.000000132. The zero-order valence-corrected chi connectivity index (χ0v) is 85.8. The second-order valence-electron chi connectivity index (χ2n) is 35.3. The Morgan fingerprint density at radius 2 is 0.590 bits per heavy atom. The van der Waals surface area contributed by atoms with E-state index in [2.05, 4.69) is 153 Å². The summed E-state index contributed by atoms with van der Waals surface area (Å²) in [6, 6.07) is 84.7. The summed E-state index contributed by atoms with van der Waals surface area (Å²) in [5.41, 5.74) is 26.3. The monoisotopic (exact) mass is 2060 g/mol. The first-order valence-corrected chi connectivity index (χ1v) is 49.5. The number of nitrogens with zero attached hydrogens (tertiary/aromatic N) is 16. The van der Waals surface area contributed by atoms with Crippen LogP contribution in [0.4, 0.5) is 23.3 Å². The number of fused-ring (bicyclic) bond motifs is 4. The Bertz CT molecular complexity index is 7510. The van der Waals surface area contributed by atoms with E-state index in [1.54, 1.807) is 51.4 Å². The van der Waals surface area contributed by atoms with Gasteiger partial charge in [0.25, 0.3) is 0 Å². The summed E-state index contributed by atoms with van der Waals surface area (Å²) in [4.78, 5) is 83.2. The van der Waals surface area contributed by atoms with Gasteiger partial charge in [0.05, 0.1) is 36.3 Å². The number of ether oxygens (including phenoxy) is 2. The predicted octanol–water partition coefficient (Wildman–Crippen LogP) is 23.7. The molecule has 0 aliphatic carbocycles.